The van der Waals surface area contributed by atoms with Crippen LogP contribution in [0, 0.1) is 5.92 Å². The van der Waals surface area contributed by atoms with Gasteiger partial charge in [0.25, 0.3) is 0 Å². The summed E-state index contributed by atoms with van der Waals surface area (Å²) in [5.74, 6) is 2.03. The van der Waals surface area contributed by atoms with Crippen molar-refractivity contribution in [2.45, 2.75) is 95.5 Å². The van der Waals surface area contributed by atoms with Gasteiger partial charge < -0.3 is 33.5 Å². The fourth-order valence-electron chi connectivity index (χ4n) is 5.50. The topological polar surface area (TPSA) is 171 Å². The Morgan fingerprint density at radius 2 is 1.48 bits per heavy atom. The zero-order valence-electron chi connectivity index (χ0n) is 36.9. The molecule has 0 bridgehead atoms. The summed E-state index contributed by atoms with van der Waals surface area (Å²) in [6, 6.07) is 18.7. The Bertz CT molecular complexity index is 1830. The Kier molecular flexibility index (Phi) is 19.3. The lowest BCUT2D eigenvalue weighted by Gasteiger charge is -2.29. The summed E-state index contributed by atoms with van der Waals surface area (Å²) in [4.78, 5) is 54.6. The molecule has 0 saturated carbocycles. The fraction of sp³-hybridized carbons (Fsp3) is 0.523. The maximum absolute atomic E-state index is 13.9. The van der Waals surface area contributed by atoms with Gasteiger partial charge in [0.15, 0.2) is 0 Å². The van der Waals surface area contributed by atoms with Crippen molar-refractivity contribution in [3.8, 4) is 11.5 Å². The average Bonchev–Trinajstić information content (AvgIpc) is 3.69. The van der Waals surface area contributed by atoms with E-state index in [9.17, 15) is 19.2 Å². The Labute approximate surface area is 358 Å². The van der Waals surface area contributed by atoms with Gasteiger partial charge in [-0.05, 0) is 108 Å². The molecule has 60 heavy (non-hydrogen) atoms. The highest BCUT2D eigenvalue weighted by molar-refractivity contribution is 7.99. The third-order valence-corrected chi connectivity index (χ3v) is 9.98. The molecule has 16 heteroatoms. The van der Waals surface area contributed by atoms with Crippen LogP contribution in [0.3, 0.4) is 0 Å². The van der Waals surface area contributed by atoms with Gasteiger partial charge in [0.05, 0.1) is 26.2 Å². The van der Waals surface area contributed by atoms with E-state index in [0.717, 1.165) is 59.8 Å². The lowest BCUT2D eigenvalue weighted by atomic mass is 9.92. The summed E-state index contributed by atoms with van der Waals surface area (Å²) in [5, 5.41) is 8.93. The standard InChI is InChI=1S/C38H50N2O7S.C6H12N4O2/c1-37(2,3)46-35(41)32(22-28-14-18-34(39-23-28)40-36(42)47-38(4,5)6)33(48-25-27-11-15-29(43-7)16-12-27)17-13-26-9-8-10-30(21-26)45-31-19-20-44-24-31;1-9(2)5(11)7-8-6(12)10(3)4/h8-12,14-16,18,21,23,31-33H,13,17,19-20,22,24-25H2,1-7H3,(H,39,40,42);1-4H3. The summed E-state index contributed by atoms with van der Waals surface area (Å²) >= 11 is 1.75. The number of esters is 1. The molecular weight excluding hydrogens is 789 g/mol. The lowest BCUT2D eigenvalue weighted by Crippen LogP contribution is -2.35. The molecule has 1 aromatic heterocycles. The number of rotatable bonds is 14. The molecule has 328 valence electrons. The van der Waals surface area contributed by atoms with Gasteiger partial charge in [-0.25, -0.2) is 19.4 Å². The van der Waals surface area contributed by atoms with Gasteiger partial charge in [0, 0.05) is 51.8 Å². The first kappa shape index (κ1) is 49.1. The predicted molar refractivity (Wildman–Crippen MR) is 233 cm³/mol. The smallest absolute Gasteiger partial charge is 0.413 e. The van der Waals surface area contributed by atoms with E-state index in [4.69, 9.17) is 23.7 Å². The number of hydrogen-bond acceptors (Lipinski definition) is 11. The number of anilines is 1. The predicted octanol–water partition coefficient (Wildman–Crippen LogP) is 8.84. The minimum Gasteiger partial charge on any atom is -0.497 e. The summed E-state index contributed by atoms with van der Waals surface area (Å²) in [5.41, 5.74) is 1.88. The van der Waals surface area contributed by atoms with Crippen LogP contribution in [-0.2, 0) is 37.6 Å². The van der Waals surface area contributed by atoms with Crippen molar-refractivity contribution in [3.63, 3.8) is 0 Å². The minimum atomic E-state index is -0.643. The average molecular weight is 851 g/mol. The Morgan fingerprint density at radius 3 is 2.02 bits per heavy atom. The number of carbonyl (C=O) groups excluding carboxylic acids is 4. The monoisotopic (exact) mass is 850 g/mol. The number of aromatic nitrogens is 1. The largest absolute Gasteiger partial charge is 0.497 e. The van der Waals surface area contributed by atoms with Crippen molar-refractivity contribution in [1.82, 2.24) is 14.8 Å². The number of urea groups is 2. The van der Waals surface area contributed by atoms with Crippen LogP contribution in [0.4, 0.5) is 20.2 Å². The van der Waals surface area contributed by atoms with E-state index in [1.165, 1.54) is 38.0 Å². The summed E-state index contributed by atoms with van der Waals surface area (Å²) < 4.78 is 28.4. The molecule has 0 radical (unpaired) electrons. The molecule has 1 fully saturated rings. The van der Waals surface area contributed by atoms with E-state index in [1.54, 1.807) is 51.9 Å². The Hall–Kier alpha value is -5.22. The van der Waals surface area contributed by atoms with Crippen LogP contribution in [0.15, 0.2) is 77.1 Å². The SMILES string of the molecule is CN(C)C(=O)N=NC(=O)N(C)C.COc1ccc(CSC(CCc2cccc(OC3CCOC3)c2)C(Cc2ccc(NC(=O)OC(C)(C)C)nc2)C(=O)OC(C)(C)C)cc1. The molecule has 3 atom stereocenters. The fourth-order valence-corrected chi connectivity index (χ4v) is 6.82. The first-order valence-electron chi connectivity index (χ1n) is 19.8. The molecule has 15 nitrogen and oxygen atoms in total. The zero-order chi connectivity index (χ0) is 44.5. The minimum absolute atomic E-state index is 0.0731. The van der Waals surface area contributed by atoms with E-state index in [0.29, 0.717) is 18.8 Å². The maximum atomic E-state index is 13.9. The van der Waals surface area contributed by atoms with Crippen molar-refractivity contribution < 1.29 is 42.9 Å². The van der Waals surface area contributed by atoms with Crippen molar-refractivity contribution in [3.05, 3.63) is 83.6 Å². The molecule has 1 aliphatic heterocycles. The van der Waals surface area contributed by atoms with Gasteiger partial charge in [0.1, 0.15) is 34.6 Å². The van der Waals surface area contributed by atoms with Crippen molar-refractivity contribution in [2.24, 2.45) is 16.1 Å². The van der Waals surface area contributed by atoms with Crippen molar-refractivity contribution in [2.75, 3.05) is 53.8 Å². The van der Waals surface area contributed by atoms with Gasteiger partial charge >= 0.3 is 24.1 Å². The van der Waals surface area contributed by atoms with Crippen LogP contribution in [0.5, 0.6) is 11.5 Å². The molecule has 3 unspecified atom stereocenters. The number of nitrogens with zero attached hydrogens (tertiary/aromatic N) is 5. The number of aryl methyl sites for hydroxylation is 1. The molecule has 2 heterocycles. The van der Waals surface area contributed by atoms with Crippen LogP contribution < -0.4 is 14.8 Å². The third kappa shape index (κ3) is 18.8. The number of thioether (sulfide) groups is 1. The van der Waals surface area contributed by atoms with Gasteiger partial charge in [-0.1, -0.05) is 40.6 Å². The molecule has 3 aromatic rings. The van der Waals surface area contributed by atoms with E-state index in [-0.39, 0.29) is 17.3 Å². The van der Waals surface area contributed by atoms with Gasteiger partial charge in [0.2, 0.25) is 0 Å². The highest BCUT2D eigenvalue weighted by atomic mass is 32.2. The first-order chi connectivity index (χ1) is 28.2. The Balaban J connectivity index is 0.000000694. The van der Waals surface area contributed by atoms with E-state index >= 15 is 0 Å². The van der Waals surface area contributed by atoms with Gasteiger partial charge in [-0.3, -0.25) is 10.1 Å². The van der Waals surface area contributed by atoms with Crippen molar-refractivity contribution in [1.29, 1.82) is 0 Å². The normalized spacial score (nSPS) is 14.9. The number of methoxy groups -OCH3 is 1. The van der Waals surface area contributed by atoms with Crippen LogP contribution in [0.2, 0.25) is 0 Å². The molecule has 2 aromatic carbocycles. The second-order valence-corrected chi connectivity index (χ2v) is 17.8. The second kappa shape index (κ2) is 23.5. The quantitative estimate of drug-likeness (QED) is 0.121. The lowest BCUT2D eigenvalue weighted by molar-refractivity contribution is -0.160. The highest BCUT2D eigenvalue weighted by Gasteiger charge is 2.33. The molecule has 0 aliphatic carbocycles. The van der Waals surface area contributed by atoms with Gasteiger partial charge in [-0.2, -0.15) is 11.8 Å². The van der Waals surface area contributed by atoms with E-state index in [1.807, 2.05) is 51.1 Å². The summed E-state index contributed by atoms with van der Waals surface area (Å²) in [7, 11) is 7.77. The first-order valence-corrected chi connectivity index (χ1v) is 20.9. The molecule has 5 amide bonds. The van der Waals surface area contributed by atoms with Crippen molar-refractivity contribution >= 4 is 41.7 Å². The third-order valence-electron chi connectivity index (χ3n) is 8.48. The van der Waals surface area contributed by atoms with Crippen LogP contribution in [-0.4, -0.2) is 110 Å². The molecular formula is C44H62N6O9S. The molecule has 4 rings (SSSR count). The number of nitrogens with one attached hydrogen (secondary N) is 1. The van der Waals surface area contributed by atoms with E-state index in [2.05, 4.69) is 44.8 Å². The number of carbonyl (C=O) groups is 4. The van der Waals surface area contributed by atoms with Crippen LogP contribution in [0.25, 0.3) is 0 Å². The van der Waals surface area contributed by atoms with Crippen LogP contribution in [0.1, 0.15) is 71.1 Å². The number of amides is 5. The number of benzene rings is 2. The van der Waals surface area contributed by atoms with Crippen LogP contribution >= 0.6 is 11.8 Å². The van der Waals surface area contributed by atoms with Gasteiger partial charge in [-0.15, -0.1) is 0 Å². The number of pyridine rings is 1. The molecule has 0 spiro atoms. The molecule has 1 N–H and O–H groups in total. The second-order valence-electron chi connectivity index (χ2n) is 16.6. The molecule has 1 aliphatic rings. The Morgan fingerprint density at radius 1 is 0.850 bits per heavy atom. The highest BCUT2D eigenvalue weighted by Crippen LogP contribution is 2.33. The zero-order valence-corrected chi connectivity index (χ0v) is 37.7. The summed E-state index contributed by atoms with van der Waals surface area (Å²) in [6.07, 6.45) is 4.02. The number of ether oxygens (including phenoxy) is 5. The maximum Gasteiger partial charge on any atom is 0.413 e. The number of azo groups is 1. The van der Waals surface area contributed by atoms with E-state index < -0.39 is 35.3 Å². The molecule has 1 saturated heterocycles. The summed E-state index contributed by atoms with van der Waals surface area (Å²) in [6.45, 7) is 12.4. The number of hydrogen-bond donors (Lipinski definition) is 1.